The van der Waals surface area contributed by atoms with Crippen molar-refractivity contribution in [2.45, 2.75) is 50.9 Å². The highest BCUT2D eigenvalue weighted by molar-refractivity contribution is 6.75. The summed E-state index contributed by atoms with van der Waals surface area (Å²) >= 11 is 0. The van der Waals surface area contributed by atoms with Crippen LogP contribution in [-0.2, 0) is 4.12 Å². The lowest BCUT2D eigenvalue weighted by Crippen LogP contribution is -2.31. The highest BCUT2D eigenvalue weighted by Gasteiger charge is 2.20. The van der Waals surface area contributed by atoms with Gasteiger partial charge in [0.25, 0.3) is 0 Å². The lowest BCUT2D eigenvalue weighted by molar-refractivity contribution is 0.286. The minimum absolute atomic E-state index is 0.293. The van der Waals surface area contributed by atoms with Crippen LogP contribution in [0.5, 0.6) is 0 Å². The van der Waals surface area contributed by atoms with E-state index in [1.165, 1.54) is 0 Å². The minimum atomic E-state index is -1.46. The van der Waals surface area contributed by atoms with E-state index < -0.39 is 8.32 Å². The quantitative estimate of drug-likeness (QED) is 0.458. The van der Waals surface area contributed by atoms with Crippen LogP contribution in [0.3, 0.4) is 0 Å². The second kappa shape index (κ2) is 9.53. The average molecular weight is 248 g/mol. The molecular weight excluding hydrogens is 224 g/mol. The predicted molar refractivity (Wildman–Crippen MR) is 66.6 cm³/mol. The van der Waals surface area contributed by atoms with Crippen LogP contribution in [-0.4, -0.2) is 41.5 Å². The summed E-state index contributed by atoms with van der Waals surface area (Å²) < 4.78 is 5.93. The van der Waals surface area contributed by atoms with Crippen LogP contribution in [0.15, 0.2) is 0 Å². The molecule has 5 heteroatoms. The molecule has 0 bridgehead atoms. The van der Waals surface area contributed by atoms with Crippen molar-refractivity contribution in [3.05, 3.63) is 0 Å². The van der Waals surface area contributed by atoms with E-state index in [1.54, 1.807) is 0 Å². The fourth-order valence-corrected chi connectivity index (χ4v) is 5.14. The van der Waals surface area contributed by atoms with Crippen molar-refractivity contribution >= 4 is 18.1 Å². The van der Waals surface area contributed by atoms with Crippen molar-refractivity contribution in [2.24, 2.45) is 0 Å². The standard InChI is InChI=1S/C10H24O3Si2/c1-15(2,10-6-4-8-12)13-14-9-5-3-7-11/h11-12H,3-10H2,1-2H3. The number of hydrogen-bond acceptors (Lipinski definition) is 3. The Kier molecular flexibility index (Phi) is 9.73. The molecule has 0 aromatic rings. The third-order valence-corrected chi connectivity index (χ3v) is 7.13. The van der Waals surface area contributed by atoms with E-state index in [1.807, 2.05) is 0 Å². The van der Waals surface area contributed by atoms with E-state index >= 15 is 0 Å². The van der Waals surface area contributed by atoms with Gasteiger partial charge in [0.05, 0.1) is 0 Å². The fourth-order valence-electron chi connectivity index (χ4n) is 1.27. The van der Waals surface area contributed by atoms with Gasteiger partial charge in [0, 0.05) is 13.2 Å². The molecule has 0 fully saturated rings. The number of hydrogen-bond donors (Lipinski definition) is 2. The zero-order chi connectivity index (χ0) is 11.6. The van der Waals surface area contributed by atoms with Gasteiger partial charge in [-0.15, -0.1) is 0 Å². The van der Waals surface area contributed by atoms with Gasteiger partial charge in [-0.3, -0.25) is 0 Å². The van der Waals surface area contributed by atoms with E-state index in [0.29, 0.717) is 23.0 Å². The van der Waals surface area contributed by atoms with Crippen molar-refractivity contribution in [1.82, 2.24) is 0 Å². The first kappa shape index (κ1) is 15.3. The van der Waals surface area contributed by atoms with Gasteiger partial charge in [0.2, 0.25) is 9.76 Å². The van der Waals surface area contributed by atoms with Crippen molar-refractivity contribution < 1.29 is 14.3 Å². The molecule has 0 aliphatic carbocycles. The van der Waals surface area contributed by atoms with Crippen molar-refractivity contribution in [3.63, 3.8) is 0 Å². The predicted octanol–water partition coefficient (Wildman–Crippen LogP) is 1.79. The van der Waals surface area contributed by atoms with Crippen LogP contribution in [0.25, 0.3) is 0 Å². The van der Waals surface area contributed by atoms with Crippen LogP contribution in [0.2, 0.25) is 25.2 Å². The summed E-state index contributed by atoms with van der Waals surface area (Å²) in [7, 11) is -0.869. The lowest BCUT2D eigenvalue weighted by Gasteiger charge is -2.22. The Morgan fingerprint density at radius 3 is 2.20 bits per heavy atom. The summed E-state index contributed by atoms with van der Waals surface area (Å²) in [4.78, 5) is 0. The van der Waals surface area contributed by atoms with E-state index in [2.05, 4.69) is 13.1 Å². The minimum Gasteiger partial charge on any atom is -0.456 e. The average Bonchev–Trinajstić information content (AvgIpc) is 2.17. The van der Waals surface area contributed by atoms with Crippen LogP contribution in [0.4, 0.5) is 0 Å². The van der Waals surface area contributed by atoms with E-state index in [9.17, 15) is 0 Å². The Morgan fingerprint density at radius 2 is 1.60 bits per heavy atom. The first-order valence-electron chi connectivity index (χ1n) is 5.75. The number of rotatable bonds is 10. The van der Waals surface area contributed by atoms with Crippen molar-refractivity contribution in [3.8, 4) is 0 Å². The highest BCUT2D eigenvalue weighted by atomic mass is 28.4. The summed E-state index contributed by atoms with van der Waals surface area (Å²) in [5, 5.41) is 17.3. The van der Waals surface area contributed by atoms with E-state index in [0.717, 1.165) is 37.8 Å². The third-order valence-electron chi connectivity index (χ3n) is 2.22. The molecular formula is C10H24O3Si2. The topological polar surface area (TPSA) is 49.7 Å². The Balaban J connectivity index is 3.38. The van der Waals surface area contributed by atoms with E-state index in [4.69, 9.17) is 14.3 Å². The zero-order valence-corrected chi connectivity index (χ0v) is 12.0. The summed E-state index contributed by atoms with van der Waals surface area (Å²) in [5.74, 6) is 0. The zero-order valence-electron chi connectivity index (χ0n) is 9.96. The first-order valence-corrected chi connectivity index (χ1v) is 9.98. The van der Waals surface area contributed by atoms with Gasteiger partial charge in [0.1, 0.15) is 0 Å². The van der Waals surface area contributed by atoms with Gasteiger partial charge in [-0.05, 0) is 38.0 Å². The molecule has 0 heterocycles. The maximum atomic E-state index is 8.69. The normalized spacial score (nSPS) is 12.0. The van der Waals surface area contributed by atoms with Crippen molar-refractivity contribution in [2.75, 3.05) is 13.2 Å². The Labute approximate surface area is 96.9 Å². The van der Waals surface area contributed by atoms with Gasteiger partial charge < -0.3 is 14.3 Å². The van der Waals surface area contributed by atoms with Gasteiger partial charge in [-0.2, -0.15) is 0 Å². The lowest BCUT2D eigenvalue weighted by atomic mass is 10.4. The molecule has 2 radical (unpaired) electrons. The molecule has 0 rings (SSSR count). The summed E-state index contributed by atoms with van der Waals surface area (Å²) in [6, 6.07) is 2.22. The van der Waals surface area contributed by atoms with Gasteiger partial charge in [0.15, 0.2) is 8.32 Å². The van der Waals surface area contributed by atoms with Crippen LogP contribution >= 0.6 is 0 Å². The largest absolute Gasteiger partial charge is 0.456 e. The maximum Gasteiger partial charge on any atom is 0.215 e. The number of unbranched alkanes of at least 4 members (excludes halogenated alkanes) is 2. The first-order chi connectivity index (χ1) is 7.12. The second-order valence-electron chi connectivity index (χ2n) is 4.37. The molecule has 15 heavy (non-hydrogen) atoms. The monoisotopic (exact) mass is 248 g/mol. The molecule has 0 saturated heterocycles. The molecule has 3 nitrogen and oxygen atoms in total. The molecule has 0 aliphatic rings. The smallest absolute Gasteiger partial charge is 0.215 e. The third kappa shape index (κ3) is 10.6. The van der Waals surface area contributed by atoms with E-state index in [-0.39, 0.29) is 0 Å². The molecule has 0 aromatic heterocycles. The highest BCUT2D eigenvalue weighted by Crippen LogP contribution is 2.15. The summed E-state index contributed by atoms with van der Waals surface area (Å²) in [6.07, 6.45) is 3.93. The molecule has 0 aliphatic heterocycles. The molecule has 0 spiro atoms. The Morgan fingerprint density at radius 1 is 1.00 bits per heavy atom. The fraction of sp³-hybridized carbons (Fsp3) is 1.00. The molecule has 0 unspecified atom stereocenters. The Hall–Kier alpha value is 0.314. The van der Waals surface area contributed by atoms with Crippen LogP contribution < -0.4 is 0 Å². The summed E-state index contributed by atoms with van der Waals surface area (Å²) in [6.45, 7) is 5.07. The molecule has 0 atom stereocenters. The van der Waals surface area contributed by atoms with Gasteiger partial charge in [-0.1, -0.05) is 12.8 Å². The SMILES string of the molecule is C[Si](C)(CCCCO)O[Si]CCCCO. The second-order valence-corrected chi connectivity index (χ2v) is 9.99. The Bertz CT molecular complexity index is 143. The maximum absolute atomic E-state index is 8.69. The molecule has 0 aromatic carbocycles. The molecule has 90 valence electrons. The molecule has 0 amide bonds. The number of aliphatic hydroxyl groups excluding tert-OH is 2. The molecule has 0 saturated carbocycles. The summed E-state index contributed by atoms with van der Waals surface area (Å²) in [5.41, 5.74) is 0. The van der Waals surface area contributed by atoms with Crippen LogP contribution in [0.1, 0.15) is 25.7 Å². The molecule has 2 N–H and O–H groups in total. The van der Waals surface area contributed by atoms with Crippen molar-refractivity contribution in [1.29, 1.82) is 0 Å². The van der Waals surface area contributed by atoms with Gasteiger partial charge in [-0.25, -0.2) is 0 Å². The van der Waals surface area contributed by atoms with Gasteiger partial charge >= 0.3 is 0 Å². The van der Waals surface area contributed by atoms with Crippen LogP contribution in [0, 0.1) is 0 Å². The number of aliphatic hydroxyl groups is 2.